The van der Waals surface area contributed by atoms with E-state index in [1.54, 1.807) is 0 Å². The Balaban J connectivity index is 0.00000162. The van der Waals surface area contributed by atoms with Crippen LogP contribution >= 0.6 is 12.4 Å². The van der Waals surface area contributed by atoms with Gasteiger partial charge in [-0.2, -0.15) is 0 Å². The number of hydrogen-bond acceptors (Lipinski definition) is 3. The summed E-state index contributed by atoms with van der Waals surface area (Å²) in [6.45, 7) is 1.09. The number of hydrogen-bond donors (Lipinski definition) is 3. The second-order valence-corrected chi connectivity index (χ2v) is 5.36. The summed E-state index contributed by atoms with van der Waals surface area (Å²) in [5, 5.41) is 16.1. The maximum atomic E-state index is 11.8. The van der Waals surface area contributed by atoms with Crippen molar-refractivity contribution >= 4 is 18.3 Å². The molecule has 0 radical (unpaired) electrons. The first-order valence-electron chi connectivity index (χ1n) is 6.96. The normalized spacial score (nSPS) is 31.7. The minimum absolute atomic E-state index is 0. The molecule has 18 heavy (non-hydrogen) atoms. The van der Waals surface area contributed by atoms with Crippen LogP contribution in [0, 0.1) is 0 Å². The number of carbonyl (C=O) groups excluding carboxylic acids is 1. The van der Waals surface area contributed by atoms with Gasteiger partial charge in [-0.25, -0.2) is 0 Å². The van der Waals surface area contributed by atoms with Crippen molar-refractivity contribution in [3.8, 4) is 0 Å². The van der Waals surface area contributed by atoms with Crippen LogP contribution in [0.3, 0.4) is 0 Å². The lowest BCUT2D eigenvalue weighted by Crippen LogP contribution is -2.45. The van der Waals surface area contributed by atoms with E-state index in [0.29, 0.717) is 12.5 Å². The fourth-order valence-electron chi connectivity index (χ4n) is 2.87. The van der Waals surface area contributed by atoms with Gasteiger partial charge in [-0.15, -0.1) is 12.4 Å². The van der Waals surface area contributed by atoms with Crippen LogP contribution in [-0.4, -0.2) is 35.7 Å². The molecule has 1 saturated heterocycles. The van der Waals surface area contributed by atoms with Gasteiger partial charge in [0.2, 0.25) is 5.91 Å². The number of rotatable bonds is 4. The van der Waals surface area contributed by atoms with Crippen molar-refractivity contribution < 1.29 is 9.90 Å². The lowest BCUT2D eigenvalue weighted by molar-refractivity contribution is -0.123. The van der Waals surface area contributed by atoms with Gasteiger partial charge in [-0.1, -0.05) is 12.8 Å². The molecule has 3 atom stereocenters. The standard InChI is InChI=1S/C13H24N2O2.ClH/c16-12-6-2-1-5-11(12)15-13(17)8-7-10-4-3-9-14-10;/h10-12,14,16H,1-9H2,(H,15,17);1H/t10?,11-,12-;/m0./s1. The Labute approximate surface area is 115 Å². The summed E-state index contributed by atoms with van der Waals surface area (Å²) in [5.41, 5.74) is 0. The molecule has 0 aromatic heterocycles. The smallest absolute Gasteiger partial charge is 0.220 e. The van der Waals surface area contributed by atoms with Gasteiger partial charge in [0.1, 0.15) is 0 Å². The van der Waals surface area contributed by atoms with Crippen LogP contribution in [0.25, 0.3) is 0 Å². The van der Waals surface area contributed by atoms with E-state index in [0.717, 1.165) is 38.6 Å². The Morgan fingerprint density at radius 3 is 2.67 bits per heavy atom. The second kappa shape index (κ2) is 7.97. The Kier molecular flexibility index (Phi) is 6.97. The Morgan fingerprint density at radius 2 is 2.00 bits per heavy atom. The van der Waals surface area contributed by atoms with E-state index in [1.165, 1.54) is 12.8 Å². The van der Waals surface area contributed by atoms with E-state index in [4.69, 9.17) is 0 Å². The van der Waals surface area contributed by atoms with Crippen molar-refractivity contribution in [3.05, 3.63) is 0 Å². The van der Waals surface area contributed by atoms with Crippen molar-refractivity contribution in [3.63, 3.8) is 0 Å². The molecule has 1 aliphatic heterocycles. The van der Waals surface area contributed by atoms with Crippen LogP contribution in [0.4, 0.5) is 0 Å². The largest absolute Gasteiger partial charge is 0.391 e. The van der Waals surface area contributed by atoms with Crippen molar-refractivity contribution in [1.29, 1.82) is 0 Å². The molecule has 5 heteroatoms. The van der Waals surface area contributed by atoms with Crippen molar-refractivity contribution in [1.82, 2.24) is 10.6 Å². The molecule has 1 unspecified atom stereocenters. The third-order valence-electron chi connectivity index (χ3n) is 3.96. The van der Waals surface area contributed by atoms with Gasteiger partial charge >= 0.3 is 0 Å². The fraction of sp³-hybridized carbons (Fsp3) is 0.923. The molecule has 4 nitrogen and oxygen atoms in total. The van der Waals surface area contributed by atoms with Crippen LogP contribution in [0.2, 0.25) is 0 Å². The summed E-state index contributed by atoms with van der Waals surface area (Å²) < 4.78 is 0. The summed E-state index contributed by atoms with van der Waals surface area (Å²) in [5.74, 6) is 0.102. The molecule has 1 aliphatic carbocycles. The zero-order chi connectivity index (χ0) is 12.1. The molecule has 2 aliphatic rings. The van der Waals surface area contributed by atoms with Crippen molar-refractivity contribution in [2.75, 3.05) is 6.54 Å². The summed E-state index contributed by atoms with van der Waals surface area (Å²) in [6, 6.07) is 0.518. The predicted molar refractivity (Wildman–Crippen MR) is 73.9 cm³/mol. The number of amides is 1. The van der Waals surface area contributed by atoms with Crippen molar-refractivity contribution in [2.24, 2.45) is 0 Å². The Hall–Kier alpha value is -0.320. The number of nitrogens with one attached hydrogen (secondary N) is 2. The Bertz CT molecular complexity index is 257. The first-order chi connectivity index (χ1) is 8.25. The van der Waals surface area contributed by atoms with Crippen LogP contribution < -0.4 is 10.6 Å². The molecule has 1 amide bonds. The number of carbonyl (C=O) groups is 1. The van der Waals surface area contributed by atoms with Gasteiger partial charge in [0.05, 0.1) is 12.1 Å². The van der Waals surface area contributed by atoms with Gasteiger partial charge in [0.15, 0.2) is 0 Å². The molecule has 2 rings (SSSR count). The van der Waals surface area contributed by atoms with Crippen LogP contribution in [-0.2, 0) is 4.79 Å². The molecule has 1 heterocycles. The van der Waals surface area contributed by atoms with Gasteiger partial charge in [0.25, 0.3) is 0 Å². The molecule has 0 bridgehead atoms. The number of aliphatic hydroxyl groups excluding tert-OH is 1. The quantitative estimate of drug-likeness (QED) is 0.727. The molecule has 2 fully saturated rings. The first kappa shape index (κ1) is 15.7. The number of halogens is 1. The highest BCUT2D eigenvalue weighted by atomic mass is 35.5. The monoisotopic (exact) mass is 276 g/mol. The molecular weight excluding hydrogens is 252 g/mol. The maximum Gasteiger partial charge on any atom is 0.220 e. The van der Waals surface area contributed by atoms with E-state index in [-0.39, 0.29) is 30.5 Å². The lowest BCUT2D eigenvalue weighted by Gasteiger charge is -2.28. The fourth-order valence-corrected chi connectivity index (χ4v) is 2.87. The highest BCUT2D eigenvalue weighted by Crippen LogP contribution is 2.18. The average Bonchev–Trinajstić information content (AvgIpc) is 2.82. The summed E-state index contributed by atoms with van der Waals surface area (Å²) >= 11 is 0. The van der Waals surface area contributed by atoms with Crippen LogP contribution in [0.15, 0.2) is 0 Å². The zero-order valence-electron chi connectivity index (χ0n) is 10.9. The van der Waals surface area contributed by atoms with E-state index in [2.05, 4.69) is 10.6 Å². The lowest BCUT2D eigenvalue weighted by atomic mass is 9.92. The number of aliphatic hydroxyl groups is 1. The van der Waals surface area contributed by atoms with E-state index in [1.807, 2.05) is 0 Å². The average molecular weight is 277 g/mol. The minimum atomic E-state index is -0.336. The highest BCUT2D eigenvalue weighted by Gasteiger charge is 2.24. The first-order valence-corrected chi connectivity index (χ1v) is 6.96. The molecule has 3 N–H and O–H groups in total. The van der Waals surface area contributed by atoms with Crippen molar-refractivity contribution in [2.45, 2.75) is 69.6 Å². The predicted octanol–water partition coefficient (Wildman–Crippen LogP) is 1.36. The van der Waals surface area contributed by atoms with Gasteiger partial charge in [-0.3, -0.25) is 4.79 Å². The van der Waals surface area contributed by atoms with E-state index < -0.39 is 0 Å². The molecule has 1 saturated carbocycles. The van der Waals surface area contributed by atoms with E-state index >= 15 is 0 Å². The topological polar surface area (TPSA) is 61.4 Å². The third-order valence-corrected chi connectivity index (χ3v) is 3.96. The summed E-state index contributed by atoms with van der Waals surface area (Å²) in [6.07, 6.45) is 7.55. The van der Waals surface area contributed by atoms with Crippen LogP contribution in [0.1, 0.15) is 51.4 Å². The molecule has 106 valence electrons. The van der Waals surface area contributed by atoms with E-state index in [9.17, 15) is 9.90 Å². The van der Waals surface area contributed by atoms with Gasteiger partial charge in [-0.05, 0) is 38.6 Å². The minimum Gasteiger partial charge on any atom is -0.391 e. The molecule has 0 aromatic carbocycles. The summed E-state index contributed by atoms with van der Waals surface area (Å²) in [4.78, 5) is 11.8. The molecule has 0 aromatic rings. The Morgan fingerprint density at radius 1 is 1.22 bits per heavy atom. The summed E-state index contributed by atoms with van der Waals surface area (Å²) in [7, 11) is 0. The third kappa shape index (κ3) is 4.75. The van der Waals surface area contributed by atoms with Gasteiger partial charge < -0.3 is 15.7 Å². The highest BCUT2D eigenvalue weighted by molar-refractivity contribution is 5.85. The zero-order valence-corrected chi connectivity index (χ0v) is 11.7. The molecular formula is C13H25ClN2O2. The van der Waals surface area contributed by atoms with Crippen LogP contribution in [0.5, 0.6) is 0 Å². The maximum absolute atomic E-state index is 11.8. The van der Waals surface area contributed by atoms with Gasteiger partial charge in [0, 0.05) is 12.5 Å². The SMILES string of the molecule is Cl.O=C(CCC1CCCN1)N[C@H]1CCCC[C@@H]1O. The second-order valence-electron chi connectivity index (χ2n) is 5.36. The molecule has 0 spiro atoms.